The molecule has 13 heavy (non-hydrogen) atoms. The molecule has 2 nitrogen and oxygen atoms in total. The summed E-state index contributed by atoms with van der Waals surface area (Å²) in [6.45, 7) is 6.97. The van der Waals surface area contributed by atoms with Crippen molar-refractivity contribution in [1.82, 2.24) is 4.98 Å². The molecular formula is C10H16N2S. The van der Waals surface area contributed by atoms with E-state index in [9.17, 15) is 0 Å². The quantitative estimate of drug-likeness (QED) is 0.806. The summed E-state index contributed by atoms with van der Waals surface area (Å²) >= 11 is 1.71. The smallest absolute Gasteiger partial charge is 0.0900 e. The molecule has 3 heteroatoms. The van der Waals surface area contributed by atoms with E-state index in [1.807, 2.05) is 13.1 Å². The Balaban J connectivity index is 2.84. The number of thiazole rings is 1. The first-order chi connectivity index (χ1) is 6.13. The lowest BCUT2D eigenvalue weighted by molar-refractivity contribution is 0.753. The van der Waals surface area contributed by atoms with E-state index >= 15 is 0 Å². The number of hydrogen-bond acceptors (Lipinski definition) is 3. The summed E-state index contributed by atoms with van der Waals surface area (Å²) in [5.74, 6) is 0.521. The molecule has 0 spiro atoms. The molecular weight excluding hydrogens is 180 g/mol. The van der Waals surface area contributed by atoms with Gasteiger partial charge in [-0.3, -0.25) is 0 Å². The fraction of sp³-hybridized carbons (Fsp3) is 0.500. The maximum Gasteiger partial charge on any atom is 0.0900 e. The average molecular weight is 196 g/mol. The monoisotopic (exact) mass is 196 g/mol. The van der Waals surface area contributed by atoms with E-state index in [4.69, 9.17) is 5.73 Å². The van der Waals surface area contributed by atoms with Crippen LogP contribution in [-0.2, 0) is 0 Å². The van der Waals surface area contributed by atoms with Crippen LogP contribution in [0.15, 0.2) is 11.8 Å². The summed E-state index contributed by atoms with van der Waals surface area (Å²) in [6, 6.07) is 0. The van der Waals surface area contributed by atoms with E-state index in [1.165, 1.54) is 10.5 Å². The number of nitrogens with zero attached hydrogens (tertiary/aromatic N) is 1. The van der Waals surface area contributed by atoms with Crippen molar-refractivity contribution in [3.05, 3.63) is 21.7 Å². The van der Waals surface area contributed by atoms with Gasteiger partial charge < -0.3 is 5.73 Å². The summed E-state index contributed by atoms with van der Waals surface area (Å²) in [5, 5.41) is 1.10. The number of aromatic nitrogens is 1. The first-order valence-electron chi connectivity index (χ1n) is 4.46. The van der Waals surface area contributed by atoms with Gasteiger partial charge in [-0.05, 0) is 18.9 Å². The zero-order chi connectivity index (χ0) is 9.84. The SMILES string of the molecule is Cc1ncc(/C=C(/CN)C(C)C)s1. The Morgan fingerprint density at radius 2 is 2.38 bits per heavy atom. The molecule has 0 bridgehead atoms. The first-order valence-corrected chi connectivity index (χ1v) is 5.28. The van der Waals surface area contributed by atoms with Crippen LogP contribution in [0.3, 0.4) is 0 Å². The zero-order valence-electron chi connectivity index (χ0n) is 8.37. The van der Waals surface area contributed by atoms with Gasteiger partial charge in [-0.25, -0.2) is 4.98 Å². The maximum absolute atomic E-state index is 5.64. The Morgan fingerprint density at radius 1 is 1.69 bits per heavy atom. The van der Waals surface area contributed by atoms with Crippen LogP contribution in [0, 0.1) is 12.8 Å². The van der Waals surface area contributed by atoms with Gasteiger partial charge in [0, 0.05) is 17.6 Å². The molecule has 1 aromatic heterocycles. The van der Waals surface area contributed by atoms with Crippen LogP contribution < -0.4 is 5.73 Å². The molecule has 1 aromatic rings. The molecule has 0 radical (unpaired) electrons. The van der Waals surface area contributed by atoms with E-state index in [0.29, 0.717) is 12.5 Å². The molecule has 0 unspecified atom stereocenters. The van der Waals surface area contributed by atoms with Gasteiger partial charge in [0.05, 0.1) is 5.01 Å². The highest BCUT2D eigenvalue weighted by Gasteiger charge is 2.02. The molecule has 0 aliphatic heterocycles. The Labute approximate surface area is 83.5 Å². The van der Waals surface area contributed by atoms with Gasteiger partial charge in [-0.2, -0.15) is 0 Å². The van der Waals surface area contributed by atoms with Crippen LogP contribution in [0.1, 0.15) is 23.7 Å². The fourth-order valence-electron chi connectivity index (χ4n) is 1.09. The van der Waals surface area contributed by atoms with Gasteiger partial charge in [0.2, 0.25) is 0 Å². The van der Waals surface area contributed by atoms with Crippen LogP contribution in [0.4, 0.5) is 0 Å². The predicted molar refractivity (Wildman–Crippen MR) is 58.7 cm³/mol. The van der Waals surface area contributed by atoms with Gasteiger partial charge in [-0.1, -0.05) is 19.4 Å². The van der Waals surface area contributed by atoms with Crippen LogP contribution in [0.25, 0.3) is 6.08 Å². The second kappa shape index (κ2) is 4.53. The largest absolute Gasteiger partial charge is 0.327 e. The third kappa shape index (κ3) is 2.94. The minimum Gasteiger partial charge on any atom is -0.327 e. The van der Waals surface area contributed by atoms with Crippen LogP contribution in [-0.4, -0.2) is 11.5 Å². The predicted octanol–water partition coefficient (Wildman–Crippen LogP) is 2.45. The van der Waals surface area contributed by atoms with Gasteiger partial charge in [0.25, 0.3) is 0 Å². The molecule has 0 amide bonds. The number of hydrogen-bond donors (Lipinski definition) is 1. The van der Waals surface area contributed by atoms with E-state index in [1.54, 1.807) is 11.3 Å². The minimum absolute atomic E-state index is 0.521. The molecule has 0 aliphatic rings. The van der Waals surface area contributed by atoms with Gasteiger partial charge in [0.15, 0.2) is 0 Å². The zero-order valence-corrected chi connectivity index (χ0v) is 9.19. The van der Waals surface area contributed by atoms with Gasteiger partial charge >= 0.3 is 0 Å². The van der Waals surface area contributed by atoms with Crippen molar-refractivity contribution in [2.45, 2.75) is 20.8 Å². The van der Waals surface area contributed by atoms with Crippen LogP contribution in [0.2, 0.25) is 0 Å². The normalized spacial score (nSPS) is 12.5. The third-order valence-electron chi connectivity index (χ3n) is 1.94. The Kier molecular flexibility index (Phi) is 3.63. The molecule has 0 aliphatic carbocycles. The van der Waals surface area contributed by atoms with Crippen molar-refractivity contribution in [3.63, 3.8) is 0 Å². The molecule has 0 fully saturated rings. The highest BCUT2D eigenvalue weighted by Crippen LogP contribution is 2.18. The van der Waals surface area contributed by atoms with Crippen molar-refractivity contribution < 1.29 is 0 Å². The number of nitrogens with two attached hydrogens (primary N) is 1. The second-order valence-electron chi connectivity index (χ2n) is 3.36. The summed E-state index contributed by atoms with van der Waals surface area (Å²) < 4.78 is 0. The topological polar surface area (TPSA) is 38.9 Å². The highest BCUT2D eigenvalue weighted by molar-refractivity contribution is 7.12. The Morgan fingerprint density at radius 3 is 2.77 bits per heavy atom. The molecule has 1 rings (SSSR count). The average Bonchev–Trinajstić information content (AvgIpc) is 2.46. The lowest BCUT2D eigenvalue weighted by Gasteiger charge is -2.06. The van der Waals surface area contributed by atoms with E-state index in [-0.39, 0.29) is 0 Å². The van der Waals surface area contributed by atoms with Crippen molar-refractivity contribution in [2.24, 2.45) is 11.7 Å². The number of rotatable bonds is 3. The lowest BCUT2D eigenvalue weighted by Crippen LogP contribution is -2.07. The molecule has 2 N–H and O–H groups in total. The molecule has 0 saturated heterocycles. The molecule has 0 aromatic carbocycles. The first kappa shape index (κ1) is 10.4. The molecule has 1 heterocycles. The van der Waals surface area contributed by atoms with E-state index in [0.717, 1.165) is 5.01 Å². The summed E-state index contributed by atoms with van der Waals surface area (Å²) in [7, 11) is 0. The second-order valence-corrected chi connectivity index (χ2v) is 4.63. The highest BCUT2D eigenvalue weighted by atomic mass is 32.1. The Hall–Kier alpha value is -0.670. The molecule has 0 saturated carbocycles. The summed E-state index contributed by atoms with van der Waals surface area (Å²) in [4.78, 5) is 5.40. The maximum atomic E-state index is 5.64. The number of aryl methyl sites for hydroxylation is 1. The van der Waals surface area contributed by atoms with Crippen molar-refractivity contribution >= 4 is 17.4 Å². The van der Waals surface area contributed by atoms with Crippen LogP contribution >= 0.6 is 11.3 Å². The van der Waals surface area contributed by atoms with Crippen molar-refractivity contribution in [1.29, 1.82) is 0 Å². The standard InChI is InChI=1S/C10H16N2S/c1-7(2)9(5-11)4-10-6-12-8(3)13-10/h4,6-7H,5,11H2,1-3H3/b9-4-. The van der Waals surface area contributed by atoms with Gasteiger partial charge in [-0.15, -0.1) is 11.3 Å². The fourth-order valence-corrected chi connectivity index (χ4v) is 1.85. The summed E-state index contributed by atoms with van der Waals surface area (Å²) in [5.41, 5.74) is 6.93. The van der Waals surface area contributed by atoms with Crippen molar-refractivity contribution in [3.8, 4) is 0 Å². The van der Waals surface area contributed by atoms with E-state index in [2.05, 4.69) is 24.9 Å². The Bertz CT molecular complexity index is 300. The van der Waals surface area contributed by atoms with Crippen molar-refractivity contribution in [2.75, 3.05) is 6.54 Å². The molecule has 0 atom stereocenters. The third-order valence-corrected chi connectivity index (χ3v) is 2.80. The molecule has 72 valence electrons. The minimum atomic E-state index is 0.521. The summed E-state index contributed by atoms with van der Waals surface area (Å²) in [6.07, 6.45) is 4.05. The van der Waals surface area contributed by atoms with Crippen LogP contribution in [0.5, 0.6) is 0 Å². The van der Waals surface area contributed by atoms with E-state index < -0.39 is 0 Å². The lowest BCUT2D eigenvalue weighted by atomic mass is 10.0. The van der Waals surface area contributed by atoms with Gasteiger partial charge in [0.1, 0.15) is 0 Å².